The van der Waals surface area contributed by atoms with Crippen molar-refractivity contribution in [2.45, 2.75) is 89.4 Å². The zero-order valence-corrected chi connectivity index (χ0v) is 15.8. The van der Waals surface area contributed by atoms with Gasteiger partial charge in [0, 0.05) is 18.4 Å². The summed E-state index contributed by atoms with van der Waals surface area (Å²) in [7, 11) is 0. The molecule has 4 aliphatic rings. The molecule has 4 rings (SSSR count). The van der Waals surface area contributed by atoms with Crippen LogP contribution in [0, 0.1) is 34.5 Å². The van der Waals surface area contributed by atoms with Crippen molar-refractivity contribution in [3.63, 3.8) is 0 Å². The molecule has 0 bridgehead atoms. The Morgan fingerprint density at radius 1 is 1.04 bits per heavy atom. The van der Waals surface area contributed by atoms with Gasteiger partial charge >= 0.3 is 0 Å². The van der Waals surface area contributed by atoms with Gasteiger partial charge in [-0.15, -0.1) is 0 Å². The van der Waals surface area contributed by atoms with Gasteiger partial charge in [-0.25, -0.2) is 0 Å². The van der Waals surface area contributed by atoms with Crippen molar-refractivity contribution in [2.75, 3.05) is 6.61 Å². The van der Waals surface area contributed by atoms with Gasteiger partial charge in [0.1, 0.15) is 0 Å². The van der Waals surface area contributed by atoms with Gasteiger partial charge in [0.15, 0.2) is 0 Å². The molecule has 4 nitrogen and oxygen atoms in total. The number of rotatable bonds is 2. The lowest BCUT2D eigenvalue weighted by Crippen LogP contribution is -2.62. The van der Waals surface area contributed by atoms with Crippen LogP contribution in [0.3, 0.4) is 0 Å². The van der Waals surface area contributed by atoms with E-state index >= 15 is 0 Å². The van der Waals surface area contributed by atoms with E-state index in [2.05, 4.69) is 13.8 Å². The van der Waals surface area contributed by atoms with Crippen molar-refractivity contribution in [2.24, 2.45) is 34.5 Å². The molecule has 0 saturated heterocycles. The second-order valence-electron chi connectivity index (χ2n) is 10.2. The van der Waals surface area contributed by atoms with Crippen LogP contribution in [0.15, 0.2) is 0 Å². The van der Waals surface area contributed by atoms with E-state index in [0.29, 0.717) is 24.7 Å². The van der Waals surface area contributed by atoms with Crippen LogP contribution in [0.1, 0.15) is 71.6 Å². The Bertz CT molecular complexity index is 524. The minimum atomic E-state index is -1.28. The molecule has 4 saturated carbocycles. The van der Waals surface area contributed by atoms with Gasteiger partial charge in [-0.1, -0.05) is 26.7 Å². The third-order valence-corrected chi connectivity index (χ3v) is 9.42. The molecule has 0 spiro atoms. The molecule has 4 N–H and O–H groups in total. The number of aliphatic hydroxyl groups is 4. The zero-order valence-electron chi connectivity index (χ0n) is 15.8. The van der Waals surface area contributed by atoms with Gasteiger partial charge in [-0.3, -0.25) is 0 Å². The van der Waals surface area contributed by atoms with Crippen LogP contribution in [-0.2, 0) is 0 Å². The summed E-state index contributed by atoms with van der Waals surface area (Å²) in [5.74, 6) is 1.65. The maximum Gasteiger partial charge on any atom is 0.0984 e. The Morgan fingerprint density at radius 2 is 1.80 bits per heavy atom. The highest BCUT2D eigenvalue weighted by Crippen LogP contribution is 2.68. The highest BCUT2D eigenvalue weighted by atomic mass is 16.3. The summed E-state index contributed by atoms with van der Waals surface area (Å²) in [6.45, 7) is 4.34. The van der Waals surface area contributed by atoms with E-state index in [9.17, 15) is 20.4 Å². The Hall–Kier alpha value is -0.160. The van der Waals surface area contributed by atoms with Crippen LogP contribution in [0.4, 0.5) is 0 Å². The van der Waals surface area contributed by atoms with Gasteiger partial charge in [-0.2, -0.15) is 0 Å². The molecule has 0 radical (unpaired) electrons. The fourth-order valence-corrected chi connectivity index (χ4v) is 8.14. The average Bonchev–Trinajstić information content (AvgIpc) is 2.75. The molecule has 144 valence electrons. The van der Waals surface area contributed by atoms with Crippen molar-refractivity contribution in [3.8, 4) is 0 Å². The second-order valence-corrected chi connectivity index (χ2v) is 10.2. The molecule has 3 unspecified atom stereocenters. The SMILES string of the molecule is C[C@]12CCCCC1CC[C@@H]1[C@@H]2C(O)C[C@@]2(C)[C@H]1CC(O)[C@]2(O)CCO. The first kappa shape index (κ1) is 18.2. The molecule has 4 fully saturated rings. The lowest BCUT2D eigenvalue weighted by molar-refractivity contribution is -0.207. The summed E-state index contributed by atoms with van der Waals surface area (Å²) in [6, 6.07) is 0. The smallest absolute Gasteiger partial charge is 0.0984 e. The highest BCUT2D eigenvalue weighted by Gasteiger charge is 2.69. The minimum Gasteiger partial charge on any atom is -0.396 e. The van der Waals surface area contributed by atoms with E-state index in [1.54, 1.807) is 0 Å². The monoisotopic (exact) mass is 352 g/mol. The molecule has 4 aliphatic carbocycles. The summed E-state index contributed by atoms with van der Waals surface area (Å²) < 4.78 is 0. The highest BCUT2D eigenvalue weighted by molar-refractivity contribution is 5.18. The van der Waals surface area contributed by atoms with Crippen molar-refractivity contribution in [1.29, 1.82) is 0 Å². The minimum absolute atomic E-state index is 0.125. The fraction of sp³-hybridized carbons (Fsp3) is 1.00. The Morgan fingerprint density at radius 3 is 2.52 bits per heavy atom. The number of hydrogen-bond acceptors (Lipinski definition) is 4. The van der Waals surface area contributed by atoms with Crippen LogP contribution < -0.4 is 0 Å². The average molecular weight is 353 g/mol. The lowest BCUT2D eigenvalue weighted by Gasteiger charge is -2.62. The number of aliphatic hydroxyl groups excluding tert-OH is 3. The second kappa shape index (κ2) is 5.92. The first-order valence-corrected chi connectivity index (χ1v) is 10.5. The van der Waals surface area contributed by atoms with Gasteiger partial charge in [0.05, 0.1) is 17.8 Å². The quantitative estimate of drug-likeness (QED) is 0.615. The van der Waals surface area contributed by atoms with Gasteiger partial charge in [0.2, 0.25) is 0 Å². The molecule has 0 aromatic rings. The van der Waals surface area contributed by atoms with Gasteiger partial charge < -0.3 is 20.4 Å². The molecule has 9 atom stereocenters. The number of fused-ring (bicyclic) bond motifs is 5. The van der Waals surface area contributed by atoms with E-state index in [1.807, 2.05) is 0 Å². The first-order valence-electron chi connectivity index (χ1n) is 10.5. The van der Waals surface area contributed by atoms with E-state index in [1.165, 1.54) is 32.1 Å². The lowest BCUT2D eigenvalue weighted by atomic mass is 9.43. The molecular weight excluding hydrogens is 316 g/mol. The standard InChI is InChI=1S/C21H36O4/c1-19-8-4-3-5-13(19)6-7-14-15-11-17(24)21(25,9-10-22)20(15,2)12-16(23)18(14)19/h13-18,22-25H,3-12H2,1-2H3/t13?,14-,15-,16?,17?,18+,19-,20-,21+/m0/s1. The molecular formula is C21H36O4. The van der Waals surface area contributed by atoms with E-state index in [-0.39, 0.29) is 24.4 Å². The third kappa shape index (κ3) is 2.27. The molecule has 25 heavy (non-hydrogen) atoms. The largest absolute Gasteiger partial charge is 0.396 e. The van der Waals surface area contributed by atoms with Crippen molar-refractivity contribution in [3.05, 3.63) is 0 Å². The normalized spacial score (nSPS) is 58.3. The van der Waals surface area contributed by atoms with E-state index < -0.39 is 23.2 Å². The summed E-state index contributed by atoms with van der Waals surface area (Å²) in [6.07, 6.45) is 7.60. The molecule has 0 amide bonds. The van der Waals surface area contributed by atoms with Crippen LogP contribution in [0.25, 0.3) is 0 Å². The maximum atomic E-state index is 11.3. The Balaban J connectivity index is 1.71. The number of hydrogen-bond donors (Lipinski definition) is 4. The zero-order chi connectivity index (χ0) is 18.0. The van der Waals surface area contributed by atoms with Crippen molar-refractivity contribution >= 4 is 0 Å². The molecule has 0 aromatic heterocycles. The van der Waals surface area contributed by atoms with Gasteiger partial charge in [0.25, 0.3) is 0 Å². The molecule has 4 heteroatoms. The summed E-state index contributed by atoms with van der Waals surface area (Å²) in [5, 5.41) is 42.7. The molecule has 0 aromatic carbocycles. The third-order valence-electron chi connectivity index (χ3n) is 9.42. The Labute approximate surface area is 151 Å². The fourth-order valence-electron chi connectivity index (χ4n) is 8.14. The van der Waals surface area contributed by atoms with Crippen LogP contribution in [0.2, 0.25) is 0 Å². The molecule has 0 aliphatic heterocycles. The predicted molar refractivity (Wildman–Crippen MR) is 95.8 cm³/mol. The van der Waals surface area contributed by atoms with E-state index in [0.717, 1.165) is 12.3 Å². The summed E-state index contributed by atoms with van der Waals surface area (Å²) in [5.41, 5.74) is -1.57. The maximum absolute atomic E-state index is 11.3. The Kier molecular flexibility index (Phi) is 4.31. The summed E-state index contributed by atoms with van der Waals surface area (Å²) >= 11 is 0. The van der Waals surface area contributed by atoms with Crippen LogP contribution in [-0.4, -0.2) is 44.8 Å². The topological polar surface area (TPSA) is 80.9 Å². The van der Waals surface area contributed by atoms with Crippen molar-refractivity contribution in [1.82, 2.24) is 0 Å². The van der Waals surface area contributed by atoms with E-state index in [4.69, 9.17) is 0 Å². The van der Waals surface area contributed by atoms with Crippen molar-refractivity contribution < 1.29 is 20.4 Å². The first-order chi connectivity index (χ1) is 11.8. The molecule has 0 heterocycles. The predicted octanol–water partition coefficient (Wildman–Crippen LogP) is 2.47. The van der Waals surface area contributed by atoms with Gasteiger partial charge in [-0.05, 0) is 67.6 Å². The van der Waals surface area contributed by atoms with Crippen LogP contribution >= 0.6 is 0 Å². The van der Waals surface area contributed by atoms with Crippen LogP contribution in [0.5, 0.6) is 0 Å². The summed E-state index contributed by atoms with van der Waals surface area (Å²) in [4.78, 5) is 0.